The maximum absolute atomic E-state index is 5.47. The Balaban J connectivity index is 2.82. The first-order chi connectivity index (χ1) is 5.61. The highest BCUT2D eigenvalue weighted by atomic mass is 15.1. The first-order valence-corrected chi connectivity index (χ1v) is 4.05. The monoisotopic (exact) mass is 165 g/mol. The number of hydrogen-bond donors (Lipinski definition) is 1. The van der Waals surface area contributed by atoms with E-state index in [1.54, 1.807) is 6.20 Å². The van der Waals surface area contributed by atoms with Gasteiger partial charge in [0.05, 0.1) is 11.9 Å². The van der Waals surface area contributed by atoms with E-state index < -0.39 is 0 Å². The lowest BCUT2D eigenvalue weighted by Gasteiger charge is -2.23. The van der Waals surface area contributed by atoms with E-state index in [4.69, 9.17) is 5.73 Å². The third kappa shape index (κ3) is 1.87. The third-order valence-corrected chi connectivity index (χ3v) is 1.95. The lowest BCUT2D eigenvalue weighted by molar-refractivity contribution is 0.753. The number of pyridine rings is 1. The van der Waals surface area contributed by atoms with Gasteiger partial charge in [0, 0.05) is 13.1 Å². The van der Waals surface area contributed by atoms with Gasteiger partial charge in [-0.15, -0.1) is 0 Å². The molecule has 1 aromatic rings. The van der Waals surface area contributed by atoms with Crippen molar-refractivity contribution in [2.45, 2.75) is 19.9 Å². The lowest BCUT2D eigenvalue weighted by atomic mass is 10.3. The summed E-state index contributed by atoms with van der Waals surface area (Å²) in [5.41, 5.74) is 6.57. The van der Waals surface area contributed by atoms with Crippen LogP contribution in [0.2, 0.25) is 0 Å². The van der Waals surface area contributed by atoms with Gasteiger partial charge in [-0.1, -0.05) is 0 Å². The molecule has 12 heavy (non-hydrogen) atoms. The standard InChI is InChI=1S/C9H15N3/c1-7(2)12(3)8-4-5-9(10)11-6-8/h4-7H,1-3H3,(H2,10,11). The van der Waals surface area contributed by atoms with E-state index in [0.717, 1.165) is 5.69 Å². The van der Waals surface area contributed by atoms with E-state index in [9.17, 15) is 0 Å². The summed E-state index contributed by atoms with van der Waals surface area (Å²) in [4.78, 5) is 6.16. The van der Waals surface area contributed by atoms with Crippen molar-refractivity contribution in [2.24, 2.45) is 0 Å². The number of rotatable bonds is 2. The minimum atomic E-state index is 0.482. The van der Waals surface area contributed by atoms with Crippen molar-refractivity contribution in [3.63, 3.8) is 0 Å². The van der Waals surface area contributed by atoms with Crippen LogP contribution in [0.4, 0.5) is 11.5 Å². The topological polar surface area (TPSA) is 42.1 Å². The number of nitrogen functional groups attached to an aromatic ring is 1. The summed E-state index contributed by atoms with van der Waals surface area (Å²) in [6.45, 7) is 4.27. The molecule has 1 heterocycles. The van der Waals surface area contributed by atoms with Crippen LogP contribution in [0.1, 0.15) is 13.8 Å². The number of nitrogens with zero attached hydrogens (tertiary/aromatic N) is 2. The smallest absolute Gasteiger partial charge is 0.123 e. The molecule has 3 nitrogen and oxygen atoms in total. The second-order valence-electron chi connectivity index (χ2n) is 3.15. The Labute approximate surface area is 73.2 Å². The molecule has 0 spiro atoms. The molecule has 1 rings (SSSR count). The van der Waals surface area contributed by atoms with Crippen LogP contribution in [-0.4, -0.2) is 18.1 Å². The van der Waals surface area contributed by atoms with Gasteiger partial charge < -0.3 is 10.6 Å². The van der Waals surface area contributed by atoms with Gasteiger partial charge in [-0.3, -0.25) is 0 Å². The Morgan fingerprint density at radius 2 is 2.08 bits per heavy atom. The Morgan fingerprint density at radius 3 is 2.50 bits per heavy atom. The highest BCUT2D eigenvalue weighted by Gasteiger charge is 2.03. The van der Waals surface area contributed by atoms with Crippen molar-refractivity contribution in [1.29, 1.82) is 0 Å². The quantitative estimate of drug-likeness (QED) is 0.722. The molecule has 0 amide bonds. The van der Waals surface area contributed by atoms with Gasteiger partial charge in [-0.05, 0) is 26.0 Å². The van der Waals surface area contributed by atoms with Crippen molar-refractivity contribution in [3.8, 4) is 0 Å². The molecule has 0 saturated carbocycles. The molecule has 0 aliphatic carbocycles. The summed E-state index contributed by atoms with van der Waals surface area (Å²) in [5, 5.41) is 0. The van der Waals surface area contributed by atoms with Crippen LogP contribution in [0.5, 0.6) is 0 Å². The molecular formula is C9H15N3. The van der Waals surface area contributed by atoms with Crippen LogP contribution < -0.4 is 10.6 Å². The van der Waals surface area contributed by atoms with Crippen molar-refractivity contribution < 1.29 is 0 Å². The molecule has 0 radical (unpaired) electrons. The zero-order valence-corrected chi connectivity index (χ0v) is 7.78. The summed E-state index contributed by atoms with van der Waals surface area (Å²) in [6, 6.07) is 4.27. The fraction of sp³-hybridized carbons (Fsp3) is 0.444. The molecule has 0 aliphatic rings. The van der Waals surface area contributed by atoms with Gasteiger partial charge in [-0.2, -0.15) is 0 Å². The summed E-state index contributed by atoms with van der Waals surface area (Å²) in [6.07, 6.45) is 1.79. The van der Waals surface area contributed by atoms with E-state index in [0.29, 0.717) is 11.9 Å². The van der Waals surface area contributed by atoms with Crippen LogP contribution >= 0.6 is 0 Å². The van der Waals surface area contributed by atoms with E-state index in [2.05, 4.69) is 23.7 Å². The van der Waals surface area contributed by atoms with Crippen LogP contribution in [0.3, 0.4) is 0 Å². The molecule has 1 aromatic heterocycles. The molecule has 0 aromatic carbocycles. The third-order valence-electron chi connectivity index (χ3n) is 1.95. The average Bonchev–Trinajstić information content (AvgIpc) is 2.04. The molecule has 3 heteroatoms. The van der Waals surface area contributed by atoms with E-state index >= 15 is 0 Å². The molecule has 0 unspecified atom stereocenters. The molecule has 0 saturated heterocycles. The first-order valence-electron chi connectivity index (χ1n) is 4.05. The minimum Gasteiger partial charge on any atom is -0.384 e. The molecule has 0 atom stereocenters. The molecule has 0 fully saturated rings. The summed E-state index contributed by atoms with van der Waals surface area (Å²) < 4.78 is 0. The molecule has 0 aliphatic heterocycles. The zero-order chi connectivity index (χ0) is 9.14. The summed E-state index contributed by atoms with van der Waals surface area (Å²) in [7, 11) is 2.04. The second-order valence-corrected chi connectivity index (χ2v) is 3.15. The van der Waals surface area contributed by atoms with E-state index in [1.165, 1.54) is 0 Å². The van der Waals surface area contributed by atoms with E-state index in [-0.39, 0.29) is 0 Å². The van der Waals surface area contributed by atoms with Crippen molar-refractivity contribution >= 4 is 11.5 Å². The normalized spacial score (nSPS) is 10.3. The maximum Gasteiger partial charge on any atom is 0.123 e. The summed E-state index contributed by atoms with van der Waals surface area (Å²) in [5.74, 6) is 0.566. The average molecular weight is 165 g/mol. The van der Waals surface area contributed by atoms with Crippen LogP contribution in [-0.2, 0) is 0 Å². The number of anilines is 2. The Hall–Kier alpha value is -1.25. The highest BCUT2D eigenvalue weighted by molar-refractivity contribution is 5.47. The Bertz CT molecular complexity index is 240. The van der Waals surface area contributed by atoms with Gasteiger partial charge in [0.2, 0.25) is 0 Å². The van der Waals surface area contributed by atoms with Crippen molar-refractivity contribution in [3.05, 3.63) is 18.3 Å². The highest BCUT2D eigenvalue weighted by Crippen LogP contribution is 2.13. The number of hydrogen-bond acceptors (Lipinski definition) is 3. The molecule has 2 N–H and O–H groups in total. The predicted molar refractivity (Wildman–Crippen MR) is 52.2 cm³/mol. The van der Waals surface area contributed by atoms with Crippen LogP contribution in [0.15, 0.2) is 18.3 Å². The SMILES string of the molecule is CC(C)N(C)c1ccc(N)nc1. The predicted octanol–water partition coefficient (Wildman–Crippen LogP) is 1.51. The second kappa shape index (κ2) is 3.43. The summed E-state index contributed by atoms with van der Waals surface area (Å²) >= 11 is 0. The van der Waals surface area contributed by atoms with Gasteiger partial charge in [0.15, 0.2) is 0 Å². The molecule has 66 valence electrons. The molecule has 0 bridgehead atoms. The molecular weight excluding hydrogens is 150 g/mol. The Kier molecular flexibility index (Phi) is 2.53. The van der Waals surface area contributed by atoms with E-state index in [1.807, 2.05) is 19.2 Å². The van der Waals surface area contributed by atoms with Gasteiger partial charge in [0.25, 0.3) is 0 Å². The van der Waals surface area contributed by atoms with Gasteiger partial charge in [-0.25, -0.2) is 4.98 Å². The van der Waals surface area contributed by atoms with Crippen molar-refractivity contribution in [2.75, 3.05) is 17.7 Å². The minimum absolute atomic E-state index is 0.482. The van der Waals surface area contributed by atoms with Crippen LogP contribution in [0.25, 0.3) is 0 Å². The fourth-order valence-corrected chi connectivity index (χ4v) is 0.904. The lowest BCUT2D eigenvalue weighted by Crippen LogP contribution is -2.25. The van der Waals surface area contributed by atoms with Gasteiger partial charge >= 0.3 is 0 Å². The van der Waals surface area contributed by atoms with Crippen molar-refractivity contribution in [1.82, 2.24) is 4.98 Å². The maximum atomic E-state index is 5.47. The van der Waals surface area contributed by atoms with Gasteiger partial charge in [0.1, 0.15) is 5.82 Å². The first kappa shape index (κ1) is 8.84. The van der Waals surface area contributed by atoms with Crippen LogP contribution in [0, 0.1) is 0 Å². The zero-order valence-electron chi connectivity index (χ0n) is 7.78. The fourth-order valence-electron chi connectivity index (χ4n) is 0.904. The Morgan fingerprint density at radius 1 is 1.42 bits per heavy atom. The number of aromatic nitrogens is 1. The number of nitrogens with two attached hydrogens (primary N) is 1. The largest absolute Gasteiger partial charge is 0.384 e.